The van der Waals surface area contributed by atoms with Crippen molar-refractivity contribution < 1.29 is 10.2 Å². The lowest BCUT2D eigenvalue weighted by atomic mass is 9.48. The molecule has 12 rings (SSSR count). The lowest BCUT2D eigenvalue weighted by molar-refractivity contribution is -0.00627. The molecule has 0 aliphatic heterocycles. The van der Waals surface area contributed by atoms with E-state index in [1.165, 1.54) is 120 Å². The molecule has 0 heterocycles. The van der Waals surface area contributed by atoms with Crippen LogP contribution in [0.4, 0.5) is 0 Å². The van der Waals surface area contributed by atoms with Crippen LogP contribution in [0.5, 0.6) is 11.5 Å². The second-order valence-corrected chi connectivity index (χ2v) is 21.5. The number of phenols is 2. The van der Waals surface area contributed by atoms with Crippen molar-refractivity contribution in [2.75, 3.05) is 11.5 Å². The number of aromatic hydroxyl groups is 2. The predicted molar refractivity (Wildman–Crippen MR) is 227 cm³/mol. The van der Waals surface area contributed by atoms with Gasteiger partial charge in [-0.2, -0.15) is 0 Å². The van der Waals surface area contributed by atoms with Gasteiger partial charge in [0.1, 0.15) is 11.5 Å². The minimum Gasteiger partial charge on any atom is -0.507 e. The van der Waals surface area contributed by atoms with Gasteiger partial charge in [-0.25, -0.2) is 0 Å². The van der Waals surface area contributed by atoms with Gasteiger partial charge in [0, 0.05) is 32.0 Å². The maximum absolute atomic E-state index is 12.0. The fourth-order valence-corrected chi connectivity index (χ4v) is 16.0. The van der Waals surface area contributed by atoms with Crippen LogP contribution in [0.2, 0.25) is 0 Å². The summed E-state index contributed by atoms with van der Waals surface area (Å²) in [6.45, 7) is 4.45. The highest BCUT2D eigenvalue weighted by atomic mass is 32.2. The van der Waals surface area contributed by atoms with Crippen LogP contribution in [0.25, 0.3) is 22.3 Å². The predicted octanol–water partition coefficient (Wildman–Crippen LogP) is 13.6. The van der Waals surface area contributed by atoms with E-state index in [0.717, 1.165) is 71.0 Å². The molecule has 4 aromatic carbocycles. The summed E-state index contributed by atoms with van der Waals surface area (Å²) < 4.78 is 0. The van der Waals surface area contributed by atoms with Crippen molar-refractivity contribution in [1.82, 2.24) is 0 Å². The molecule has 2 N–H and O–H groups in total. The topological polar surface area (TPSA) is 40.5 Å². The van der Waals surface area contributed by atoms with Gasteiger partial charge < -0.3 is 10.2 Å². The van der Waals surface area contributed by atoms with Crippen molar-refractivity contribution in [3.05, 3.63) is 95.1 Å². The lowest BCUT2D eigenvalue weighted by Gasteiger charge is -2.57. The molecule has 282 valence electrons. The number of phenolic OH excluding ortho intramolecular Hbond substituents is 2. The monoisotopic (exact) mass is 754 g/mol. The lowest BCUT2D eigenvalue weighted by Crippen LogP contribution is -2.48. The third-order valence-corrected chi connectivity index (χ3v) is 17.5. The Labute approximate surface area is 332 Å². The first-order valence-corrected chi connectivity index (χ1v) is 23.3. The second-order valence-electron chi connectivity index (χ2n) is 19.2. The highest BCUT2D eigenvalue weighted by Crippen LogP contribution is 2.64. The van der Waals surface area contributed by atoms with Crippen LogP contribution < -0.4 is 0 Å². The SMILES string of the molecule is Cc1cc(-c2ccccc2SCCCCSc2ccccc2-c2cc(C)cc(C34C[C@H]5C[C@H](C3)C[C@@H](C4)C5)c2O)c(O)c(C23CC4C[C@H](C2)C[C@@H](C4)C3)c1. The zero-order valence-electron chi connectivity index (χ0n) is 32.4. The molecular weight excluding hydrogens is 697 g/mol. The number of thioether (sulfide) groups is 2. The molecule has 8 aliphatic carbocycles. The smallest absolute Gasteiger partial charge is 0.127 e. The molecule has 0 spiro atoms. The number of aryl methyl sites for hydroxylation is 2. The minimum absolute atomic E-state index is 0.173. The van der Waals surface area contributed by atoms with E-state index in [0.29, 0.717) is 11.5 Å². The molecule has 0 atom stereocenters. The molecule has 8 fully saturated rings. The van der Waals surface area contributed by atoms with Crippen LogP contribution in [-0.4, -0.2) is 21.7 Å². The molecule has 4 aromatic rings. The summed E-state index contributed by atoms with van der Waals surface area (Å²) in [7, 11) is 0. The van der Waals surface area contributed by atoms with Crippen LogP contribution in [0.1, 0.15) is 112 Å². The highest BCUT2D eigenvalue weighted by Gasteiger charge is 2.54. The third-order valence-electron chi connectivity index (χ3n) is 15.1. The van der Waals surface area contributed by atoms with E-state index in [4.69, 9.17) is 0 Å². The van der Waals surface area contributed by atoms with Crippen LogP contribution in [0, 0.1) is 49.4 Å². The molecule has 0 amide bonds. The van der Waals surface area contributed by atoms with Crippen LogP contribution in [-0.2, 0) is 10.8 Å². The van der Waals surface area contributed by atoms with Gasteiger partial charge in [0.2, 0.25) is 0 Å². The Balaban J connectivity index is 0.813. The van der Waals surface area contributed by atoms with E-state index < -0.39 is 0 Å². The summed E-state index contributed by atoms with van der Waals surface area (Å²) in [6.07, 6.45) is 18.4. The summed E-state index contributed by atoms with van der Waals surface area (Å²) in [4.78, 5) is 2.55. The molecule has 0 unspecified atom stereocenters. The van der Waals surface area contributed by atoms with Crippen molar-refractivity contribution in [3.63, 3.8) is 0 Å². The first-order valence-electron chi connectivity index (χ1n) is 21.4. The first kappa shape index (κ1) is 35.6. The fourth-order valence-electron chi connectivity index (χ4n) is 13.9. The van der Waals surface area contributed by atoms with Gasteiger partial charge >= 0.3 is 0 Å². The van der Waals surface area contributed by atoms with E-state index in [1.54, 1.807) is 0 Å². The Morgan fingerprint density at radius 3 is 1.17 bits per heavy atom. The van der Waals surface area contributed by atoms with Crippen molar-refractivity contribution in [2.24, 2.45) is 35.5 Å². The standard InChI is InChI=1S/C50H58O2S2/c1-31-15-41(47(51)43(17-31)49-25-33-19-34(26-49)21-35(20-33)27-49)39-9-3-5-11-45(39)53-13-7-8-14-54-46-12-6-4-10-40(46)42-16-32(2)18-44(48(42)52)50-28-36-22-37(29-50)24-38(23-36)30-50/h3-6,9-12,15-18,33-38,51-52H,7-8,13-14,19-30H2,1-2H3/t33-,34-,35-,36-,37+,38?,49?,50?. The van der Waals surface area contributed by atoms with Gasteiger partial charge in [0.25, 0.3) is 0 Å². The highest BCUT2D eigenvalue weighted by molar-refractivity contribution is 7.99. The average molecular weight is 755 g/mol. The Bertz CT molecular complexity index is 1840. The summed E-state index contributed by atoms with van der Waals surface area (Å²) in [5.41, 5.74) is 9.81. The summed E-state index contributed by atoms with van der Waals surface area (Å²) in [5.74, 6) is 8.34. The normalized spacial score (nSPS) is 31.7. The van der Waals surface area contributed by atoms with E-state index >= 15 is 0 Å². The maximum Gasteiger partial charge on any atom is 0.127 e. The van der Waals surface area contributed by atoms with Crippen LogP contribution >= 0.6 is 23.5 Å². The molecule has 0 saturated heterocycles. The molecule has 4 heteroatoms. The van der Waals surface area contributed by atoms with E-state index in [9.17, 15) is 10.2 Å². The molecule has 0 aromatic heterocycles. The zero-order valence-corrected chi connectivity index (χ0v) is 34.0. The number of rotatable bonds is 11. The number of benzene rings is 4. The fraction of sp³-hybridized carbons (Fsp3) is 0.520. The van der Waals surface area contributed by atoms with Crippen molar-refractivity contribution in [3.8, 4) is 33.8 Å². The molecule has 8 bridgehead atoms. The van der Waals surface area contributed by atoms with Crippen LogP contribution in [0.15, 0.2) is 82.6 Å². The van der Waals surface area contributed by atoms with Crippen molar-refractivity contribution >= 4 is 23.5 Å². The molecule has 8 aliphatic rings. The molecule has 0 radical (unpaired) electrons. The Morgan fingerprint density at radius 1 is 0.481 bits per heavy atom. The number of unbranched alkanes of at least 4 members (excludes halogenated alkanes) is 1. The Morgan fingerprint density at radius 2 is 0.815 bits per heavy atom. The van der Waals surface area contributed by atoms with Crippen molar-refractivity contribution in [1.29, 1.82) is 0 Å². The summed E-state index contributed by atoms with van der Waals surface area (Å²) >= 11 is 3.89. The zero-order chi connectivity index (χ0) is 36.6. The molecule has 8 saturated carbocycles. The number of hydrogen-bond donors (Lipinski definition) is 2. The quantitative estimate of drug-likeness (QED) is 0.118. The average Bonchev–Trinajstić information content (AvgIpc) is 3.14. The largest absolute Gasteiger partial charge is 0.507 e. The van der Waals surface area contributed by atoms with Crippen LogP contribution in [0.3, 0.4) is 0 Å². The van der Waals surface area contributed by atoms with Gasteiger partial charge in [0.15, 0.2) is 0 Å². The van der Waals surface area contributed by atoms with E-state index in [2.05, 4.69) is 86.6 Å². The Hall–Kier alpha value is -2.82. The summed E-state index contributed by atoms with van der Waals surface area (Å²) in [6, 6.07) is 26.7. The minimum atomic E-state index is 0.173. The van der Waals surface area contributed by atoms with E-state index in [1.807, 2.05) is 23.5 Å². The molecule has 2 nitrogen and oxygen atoms in total. The molecule has 54 heavy (non-hydrogen) atoms. The van der Waals surface area contributed by atoms with Gasteiger partial charge in [-0.05, 0) is 208 Å². The first-order chi connectivity index (χ1) is 26.2. The van der Waals surface area contributed by atoms with Gasteiger partial charge in [0.05, 0.1) is 0 Å². The van der Waals surface area contributed by atoms with Gasteiger partial charge in [-0.1, -0.05) is 48.5 Å². The third kappa shape index (κ3) is 6.34. The summed E-state index contributed by atoms with van der Waals surface area (Å²) in [5, 5.41) is 24.1. The number of hydrogen-bond acceptors (Lipinski definition) is 4. The van der Waals surface area contributed by atoms with Gasteiger partial charge in [-0.15, -0.1) is 23.5 Å². The Kier molecular flexibility index (Phi) is 9.21. The van der Waals surface area contributed by atoms with Crippen molar-refractivity contribution in [2.45, 2.75) is 124 Å². The molecular formula is C50H58O2S2. The van der Waals surface area contributed by atoms with E-state index in [-0.39, 0.29) is 10.8 Å². The maximum atomic E-state index is 12.0. The second kappa shape index (κ2) is 14.0. The van der Waals surface area contributed by atoms with Gasteiger partial charge in [-0.3, -0.25) is 0 Å².